The maximum absolute atomic E-state index is 13.4. The largest absolute Gasteiger partial charge is 0.444 e. The number of aromatic nitrogens is 2. The molecule has 2 aliphatic heterocycles. The van der Waals surface area contributed by atoms with Gasteiger partial charge in [-0.25, -0.2) is 9.36 Å². The Balaban J connectivity index is 1.48. The number of amides is 2. The molecule has 0 atom stereocenters. The third kappa shape index (κ3) is 3.24. The Hall–Kier alpha value is -3.62. The molecule has 9 heteroatoms. The fourth-order valence-electron chi connectivity index (χ4n) is 4.86. The van der Waals surface area contributed by atoms with E-state index in [0.717, 1.165) is 17.5 Å². The first kappa shape index (κ1) is 20.3. The normalized spacial score (nSPS) is 17.5. The number of piperidine rings is 1. The molecule has 3 aromatic rings. The molecular formula is C23H24N4O5. The standard InChI is InChI=1S/C23H24N4O5/c1-14-18(21(29)25-12-9-15(10-13-25)26-11-5-8-17(26)28)19-20(32-14)24-23(31)27(22(19)30)16-6-3-2-4-7-16/h2-4,6-7,15H,5,8-13H2,1H3,(H,24,31). The molecule has 2 amide bonds. The minimum Gasteiger partial charge on any atom is -0.444 e. The summed E-state index contributed by atoms with van der Waals surface area (Å²) >= 11 is 0. The van der Waals surface area contributed by atoms with Gasteiger partial charge in [-0.1, -0.05) is 18.2 Å². The van der Waals surface area contributed by atoms with Crippen LogP contribution in [0.5, 0.6) is 0 Å². The van der Waals surface area contributed by atoms with E-state index in [1.807, 2.05) is 4.90 Å². The number of fused-ring (bicyclic) bond motifs is 1. The molecule has 166 valence electrons. The lowest BCUT2D eigenvalue weighted by molar-refractivity contribution is -0.130. The second-order valence-electron chi connectivity index (χ2n) is 8.36. The molecule has 1 aromatic carbocycles. The zero-order valence-corrected chi connectivity index (χ0v) is 17.8. The van der Waals surface area contributed by atoms with Crippen molar-refractivity contribution >= 4 is 22.9 Å². The summed E-state index contributed by atoms with van der Waals surface area (Å²) in [6.07, 6.45) is 2.91. The van der Waals surface area contributed by atoms with E-state index in [0.29, 0.717) is 43.8 Å². The summed E-state index contributed by atoms with van der Waals surface area (Å²) in [7, 11) is 0. The molecule has 32 heavy (non-hydrogen) atoms. The first-order chi connectivity index (χ1) is 15.5. The van der Waals surface area contributed by atoms with Crippen LogP contribution in [-0.4, -0.2) is 56.8 Å². The number of carbonyl (C=O) groups is 2. The quantitative estimate of drug-likeness (QED) is 0.674. The van der Waals surface area contributed by atoms with E-state index in [1.54, 1.807) is 42.2 Å². The zero-order valence-electron chi connectivity index (χ0n) is 17.8. The number of hydrogen-bond donors (Lipinski definition) is 1. The number of aryl methyl sites for hydroxylation is 1. The smallest absolute Gasteiger partial charge is 0.335 e. The van der Waals surface area contributed by atoms with E-state index in [-0.39, 0.29) is 34.5 Å². The molecule has 0 bridgehead atoms. The van der Waals surface area contributed by atoms with Crippen LogP contribution < -0.4 is 11.2 Å². The third-order valence-electron chi connectivity index (χ3n) is 6.46. The first-order valence-corrected chi connectivity index (χ1v) is 10.9. The second kappa shape index (κ2) is 7.81. The monoisotopic (exact) mass is 436 g/mol. The molecule has 2 fully saturated rings. The molecule has 5 rings (SSSR count). The van der Waals surface area contributed by atoms with Crippen molar-refractivity contribution in [3.63, 3.8) is 0 Å². The number of nitrogens with zero attached hydrogens (tertiary/aromatic N) is 3. The average molecular weight is 436 g/mol. The third-order valence-corrected chi connectivity index (χ3v) is 6.46. The van der Waals surface area contributed by atoms with Crippen LogP contribution in [0.25, 0.3) is 16.8 Å². The number of furan rings is 1. The highest BCUT2D eigenvalue weighted by Gasteiger charge is 2.34. The predicted molar refractivity (Wildman–Crippen MR) is 117 cm³/mol. The van der Waals surface area contributed by atoms with Crippen molar-refractivity contribution < 1.29 is 14.0 Å². The average Bonchev–Trinajstić information content (AvgIpc) is 3.36. The second-order valence-corrected chi connectivity index (χ2v) is 8.36. The molecular weight excluding hydrogens is 412 g/mol. The summed E-state index contributed by atoms with van der Waals surface area (Å²) < 4.78 is 6.62. The van der Waals surface area contributed by atoms with E-state index in [2.05, 4.69) is 4.98 Å². The lowest BCUT2D eigenvalue weighted by Crippen LogP contribution is -2.47. The van der Waals surface area contributed by atoms with Crippen molar-refractivity contribution in [2.45, 2.75) is 38.6 Å². The van der Waals surface area contributed by atoms with Crippen LogP contribution in [0.4, 0.5) is 0 Å². The van der Waals surface area contributed by atoms with Crippen molar-refractivity contribution in [2.75, 3.05) is 19.6 Å². The summed E-state index contributed by atoms with van der Waals surface area (Å²) in [6.45, 7) is 3.40. The molecule has 0 aliphatic carbocycles. The molecule has 2 aromatic heterocycles. The number of benzene rings is 1. The summed E-state index contributed by atoms with van der Waals surface area (Å²) in [5.41, 5.74) is -0.619. The summed E-state index contributed by atoms with van der Waals surface area (Å²) in [5, 5.41) is 0.0767. The van der Waals surface area contributed by atoms with E-state index >= 15 is 0 Å². The number of rotatable bonds is 3. The van der Waals surface area contributed by atoms with E-state index in [1.165, 1.54) is 0 Å². The van der Waals surface area contributed by atoms with Gasteiger partial charge in [0.25, 0.3) is 11.5 Å². The highest BCUT2D eigenvalue weighted by Crippen LogP contribution is 2.26. The molecule has 2 aliphatic rings. The Labute approximate surface area is 183 Å². The SMILES string of the molecule is Cc1oc2[nH]c(=O)n(-c3ccccc3)c(=O)c2c1C(=O)N1CCC(N2CCCC2=O)CC1. The van der Waals surface area contributed by atoms with Crippen molar-refractivity contribution in [3.8, 4) is 5.69 Å². The number of likely N-dealkylation sites (tertiary alicyclic amines) is 2. The summed E-state index contributed by atoms with van der Waals surface area (Å²) in [4.78, 5) is 57.5. The molecule has 4 heterocycles. The molecule has 9 nitrogen and oxygen atoms in total. The molecule has 0 unspecified atom stereocenters. The van der Waals surface area contributed by atoms with Gasteiger partial charge in [0.15, 0.2) is 0 Å². The molecule has 0 saturated carbocycles. The van der Waals surface area contributed by atoms with Gasteiger partial charge in [-0.2, -0.15) is 0 Å². The number of para-hydroxylation sites is 1. The minimum atomic E-state index is -0.627. The number of H-pyrrole nitrogens is 1. The highest BCUT2D eigenvalue weighted by atomic mass is 16.3. The fraction of sp³-hybridized carbons (Fsp3) is 0.391. The van der Waals surface area contributed by atoms with Crippen LogP contribution in [-0.2, 0) is 4.79 Å². The summed E-state index contributed by atoms with van der Waals surface area (Å²) in [6, 6.07) is 8.71. The van der Waals surface area contributed by atoms with Crippen LogP contribution in [0.1, 0.15) is 41.8 Å². The molecule has 1 N–H and O–H groups in total. The number of nitrogens with one attached hydrogen (secondary N) is 1. The Bertz CT molecular complexity index is 1310. The van der Waals surface area contributed by atoms with Gasteiger partial charge >= 0.3 is 5.69 Å². The van der Waals surface area contributed by atoms with E-state index < -0.39 is 11.2 Å². The zero-order chi connectivity index (χ0) is 22.4. The maximum atomic E-state index is 13.4. The maximum Gasteiger partial charge on any atom is 0.335 e. The first-order valence-electron chi connectivity index (χ1n) is 10.9. The van der Waals surface area contributed by atoms with Gasteiger partial charge in [0.2, 0.25) is 11.6 Å². The minimum absolute atomic E-state index is 0.00517. The van der Waals surface area contributed by atoms with Crippen molar-refractivity contribution in [1.29, 1.82) is 0 Å². The Morgan fingerprint density at radius 2 is 1.78 bits per heavy atom. The van der Waals surface area contributed by atoms with Crippen LogP contribution in [0, 0.1) is 6.92 Å². The Kier molecular flexibility index (Phi) is 4.96. The fourth-order valence-corrected chi connectivity index (χ4v) is 4.86. The topological polar surface area (TPSA) is 109 Å². The lowest BCUT2D eigenvalue weighted by Gasteiger charge is -2.36. The molecule has 2 saturated heterocycles. The van der Waals surface area contributed by atoms with Crippen LogP contribution in [0.15, 0.2) is 44.3 Å². The number of carbonyl (C=O) groups excluding carboxylic acids is 2. The van der Waals surface area contributed by atoms with Gasteiger partial charge in [0, 0.05) is 32.1 Å². The van der Waals surface area contributed by atoms with Crippen molar-refractivity contribution in [2.24, 2.45) is 0 Å². The van der Waals surface area contributed by atoms with Gasteiger partial charge in [-0.3, -0.25) is 19.4 Å². The summed E-state index contributed by atoms with van der Waals surface area (Å²) in [5.74, 6) is 0.188. The van der Waals surface area contributed by atoms with Crippen molar-refractivity contribution in [1.82, 2.24) is 19.4 Å². The predicted octanol–water partition coefficient (Wildman–Crippen LogP) is 1.81. The van der Waals surface area contributed by atoms with Gasteiger partial charge < -0.3 is 14.2 Å². The van der Waals surface area contributed by atoms with Gasteiger partial charge in [-0.15, -0.1) is 0 Å². The van der Waals surface area contributed by atoms with Crippen LogP contribution in [0.3, 0.4) is 0 Å². The molecule has 0 spiro atoms. The van der Waals surface area contributed by atoms with Gasteiger partial charge in [0.05, 0.1) is 11.3 Å². The van der Waals surface area contributed by atoms with Gasteiger partial charge in [0.1, 0.15) is 11.1 Å². The highest BCUT2D eigenvalue weighted by molar-refractivity contribution is 6.06. The van der Waals surface area contributed by atoms with Crippen LogP contribution >= 0.6 is 0 Å². The van der Waals surface area contributed by atoms with E-state index in [4.69, 9.17) is 4.42 Å². The van der Waals surface area contributed by atoms with Gasteiger partial charge in [-0.05, 0) is 38.3 Å². The van der Waals surface area contributed by atoms with Crippen LogP contribution in [0.2, 0.25) is 0 Å². The number of aromatic amines is 1. The lowest BCUT2D eigenvalue weighted by atomic mass is 10.0. The number of hydrogen-bond acceptors (Lipinski definition) is 5. The van der Waals surface area contributed by atoms with Crippen molar-refractivity contribution in [3.05, 3.63) is 62.5 Å². The van der Waals surface area contributed by atoms with E-state index in [9.17, 15) is 19.2 Å². The molecule has 0 radical (unpaired) electrons. The Morgan fingerprint density at radius 3 is 2.44 bits per heavy atom. The Morgan fingerprint density at radius 1 is 1.06 bits per heavy atom.